The molecule has 0 saturated heterocycles. The molecule has 0 spiro atoms. The third-order valence-electron chi connectivity index (χ3n) is 13.5. The smallest absolute Gasteiger partial charge is 0.306 e. The van der Waals surface area contributed by atoms with Crippen LogP contribution < -0.4 is 0 Å². The number of carbonyl (C=O) groups is 3. The minimum atomic E-state index is -0.809. The van der Waals surface area contributed by atoms with E-state index in [9.17, 15) is 14.4 Å². The largest absolute Gasteiger partial charge is 0.462 e. The van der Waals surface area contributed by atoms with Gasteiger partial charge in [0.15, 0.2) is 6.10 Å². The Bertz CT molecular complexity index is 1810. The normalized spacial score (nSPS) is 13.2. The molecule has 0 aromatic heterocycles. The summed E-state index contributed by atoms with van der Waals surface area (Å²) in [4.78, 5) is 38.3. The van der Waals surface area contributed by atoms with Crippen LogP contribution in [0.15, 0.2) is 158 Å². The molecule has 0 aliphatic carbocycles. The van der Waals surface area contributed by atoms with Gasteiger partial charge in [0.2, 0.25) is 0 Å². The predicted molar refractivity (Wildman–Crippen MR) is 352 cm³/mol. The number of carbonyl (C=O) groups excluding carboxylic acids is 3. The predicted octanol–water partition coefficient (Wildman–Crippen LogP) is 22.9. The number of allylic oxidation sites excluding steroid dienone is 26. The van der Waals surface area contributed by atoms with Gasteiger partial charge in [-0.1, -0.05) is 275 Å². The summed E-state index contributed by atoms with van der Waals surface area (Å²) in [5.41, 5.74) is 0. The highest BCUT2D eigenvalue weighted by atomic mass is 16.6. The zero-order chi connectivity index (χ0) is 58.5. The van der Waals surface area contributed by atoms with Gasteiger partial charge in [-0.2, -0.15) is 0 Å². The second-order valence-electron chi connectivity index (χ2n) is 21.3. The van der Waals surface area contributed by atoms with Crippen molar-refractivity contribution in [2.24, 2.45) is 0 Å². The van der Waals surface area contributed by atoms with Gasteiger partial charge in [0.1, 0.15) is 13.2 Å². The Morgan fingerprint density at radius 3 is 0.778 bits per heavy atom. The molecule has 0 heterocycles. The van der Waals surface area contributed by atoms with Crippen molar-refractivity contribution in [2.45, 2.75) is 284 Å². The number of hydrogen-bond acceptors (Lipinski definition) is 6. The van der Waals surface area contributed by atoms with E-state index in [0.717, 1.165) is 148 Å². The molecule has 456 valence electrons. The second kappa shape index (κ2) is 67.5. The van der Waals surface area contributed by atoms with E-state index < -0.39 is 6.10 Å². The first-order chi connectivity index (χ1) is 40.0. The Kier molecular flexibility index (Phi) is 63.4. The molecule has 0 saturated carbocycles. The third-order valence-corrected chi connectivity index (χ3v) is 13.5. The SMILES string of the molecule is CC/C=C\C/C=C\C/C=C\C/C=C\C/C=C\C/C=C\C/C=C\CCCCCC(=O)OC(COC(=O)CCCCCCC/C=C\CCCC)COC(=O)CCCCCCCCCCCCC/C=C\C/C=C\C/C=C\C/C=C\C/C=C\CC. The van der Waals surface area contributed by atoms with Crippen LogP contribution in [0.4, 0.5) is 0 Å². The van der Waals surface area contributed by atoms with Crippen LogP contribution in [-0.4, -0.2) is 37.2 Å². The van der Waals surface area contributed by atoms with Crippen LogP contribution in [0.2, 0.25) is 0 Å². The van der Waals surface area contributed by atoms with Gasteiger partial charge in [-0.15, -0.1) is 0 Å². The first kappa shape index (κ1) is 76.0. The van der Waals surface area contributed by atoms with E-state index in [1.807, 2.05) is 0 Å². The lowest BCUT2D eigenvalue weighted by molar-refractivity contribution is -0.167. The molecule has 0 aromatic rings. The van der Waals surface area contributed by atoms with E-state index in [2.05, 4.69) is 179 Å². The summed E-state index contributed by atoms with van der Waals surface area (Å²) in [6.45, 7) is 6.34. The van der Waals surface area contributed by atoms with Crippen LogP contribution in [0, 0.1) is 0 Å². The van der Waals surface area contributed by atoms with Crippen molar-refractivity contribution in [3.8, 4) is 0 Å². The van der Waals surface area contributed by atoms with Crippen molar-refractivity contribution < 1.29 is 28.6 Å². The van der Waals surface area contributed by atoms with Gasteiger partial charge in [-0.25, -0.2) is 0 Å². The molecule has 0 bridgehead atoms. The molecule has 0 aromatic carbocycles. The highest BCUT2D eigenvalue weighted by molar-refractivity contribution is 5.71. The Morgan fingerprint density at radius 2 is 0.481 bits per heavy atom. The van der Waals surface area contributed by atoms with Crippen molar-refractivity contribution in [3.05, 3.63) is 158 Å². The highest BCUT2D eigenvalue weighted by Gasteiger charge is 2.19. The van der Waals surface area contributed by atoms with Gasteiger partial charge in [-0.05, 0) is 141 Å². The van der Waals surface area contributed by atoms with Crippen LogP contribution in [0.3, 0.4) is 0 Å². The Labute approximate surface area is 499 Å². The fraction of sp³-hybridized carbons (Fsp3) is 0.613. The van der Waals surface area contributed by atoms with Crippen LogP contribution in [0.25, 0.3) is 0 Å². The topological polar surface area (TPSA) is 78.9 Å². The van der Waals surface area contributed by atoms with Crippen LogP contribution >= 0.6 is 0 Å². The van der Waals surface area contributed by atoms with Crippen LogP contribution in [0.5, 0.6) is 0 Å². The molecular weight excluding hydrogens is 997 g/mol. The van der Waals surface area contributed by atoms with Crippen molar-refractivity contribution >= 4 is 17.9 Å². The molecule has 0 radical (unpaired) electrons. The maximum absolute atomic E-state index is 12.9. The molecule has 0 N–H and O–H groups in total. The Morgan fingerprint density at radius 1 is 0.259 bits per heavy atom. The first-order valence-corrected chi connectivity index (χ1v) is 33.0. The Hall–Kier alpha value is -4.97. The number of unbranched alkanes of at least 4 members (excludes halogenated alkanes) is 21. The molecule has 6 nitrogen and oxygen atoms in total. The lowest BCUT2D eigenvalue weighted by atomic mass is 10.0. The maximum atomic E-state index is 12.9. The minimum absolute atomic E-state index is 0.102. The van der Waals surface area contributed by atoms with E-state index in [0.29, 0.717) is 19.3 Å². The summed E-state index contributed by atoms with van der Waals surface area (Å²) >= 11 is 0. The average Bonchev–Trinajstić information content (AvgIpc) is 3.47. The van der Waals surface area contributed by atoms with Gasteiger partial charge in [-0.3, -0.25) is 14.4 Å². The van der Waals surface area contributed by atoms with Gasteiger partial charge in [0, 0.05) is 19.3 Å². The number of esters is 3. The van der Waals surface area contributed by atoms with Gasteiger partial charge >= 0.3 is 17.9 Å². The molecule has 0 amide bonds. The van der Waals surface area contributed by atoms with E-state index in [4.69, 9.17) is 14.2 Å². The van der Waals surface area contributed by atoms with Gasteiger partial charge in [0.05, 0.1) is 0 Å². The molecule has 0 aliphatic heterocycles. The number of rotatable bonds is 58. The molecule has 0 aliphatic rings. The monoisotopic (exact) mass is 1120 g/mol. The minimum Gasteiger partial charge on any atom is -0.462 e. The maximum Gasteiger partial charge on any atom is 0.306 e. The van der Waals surface area contributed by atoms with E-state index in [1.165, 1.54) is 83.5 Å². The molecular formula is C75H120O6. The molecule has 0 fully saturated rings. The lowest BCUT2D eigenvalue weighted by Crippen LogP contribution is -2.30. The van der Waals surface area contributed by atoms with E-state index >= 15 is 0 Å². The molecule has 1 unspecified atom stereocenters. The second-order valence-corrected chi connectivity index (χ2v) is 21.3. The summed E-state index contributed by atoms with van der Waals surface area (Å²) < 4.78 is 16.9. The summed E-state index contributed by atoms with van der Waals surface area (Å²) in [5.74, 6) is -0.949. The van der Waals surface area contributed by atoms with E-state index in [1.54, 1.807) is 0 Å². The lowest BCUT2D eigenvalue weighted by Gasteiger charge is -2.18. The first-order valence-electron chi connectivity index (χ1n) is 33.0. The van der Waals surface area contributed by atoms with Crippen molar-refractivity contribution in [2.75, 3.05) is 13.2 Å². The van der Waals surface area contributed by atoms with Crippen molar-refractivity contribution in [1.29, 1.82) is 0 Å². The molecule has 1 atom stereocenters. The summed E-state index contributed by atoms with van der Waals surface area (Å²) in [7, 11) is 0. The third kappa shape index (κ3) is 65.7. The molecule has 81 heavy (non-hydrogen) atoms. The molecule has 0 rings (SSSR count). The standard InChI is InChI=1S/C75H120O6/c1-4-7-10-13-16-19-22-24-26-28-30-32-34-36-37-39-40-42-44-46-48-50-53-56-59-62-65-68-74(77)80-71-72(70-79-73(76)67-64-61-58-55-52-21-18-15-12-9-6-3)81-75(78)69-66-63-60-57-54-51-49-47-45-43-41-38-35-33-31-29-27-25-23-20-17-14-11-8-5-2/h7-8,10-11,15-20,24-27,30-33,36-38,41,45,47,51,54,72H,4-6,9,12-14,21-23,28-29,34-35,39-40,42-44,46,48-50,52-53,55-71H2,1-3H3/b10-7-,11-8-,18-15-,19-16-,20-17-,26-24-,27-25-,32-30-,33-31-,37-36-,41-38-,47-45-,54-51-. The summed E-state index contributed by atoms with van der Waals surface area (Å²) in [6, 6.07) is 0. The highest BCUT2D eigenvalue weighted by Crippen LogP contribution is 2.15. The van der Waals surface area contributed by atoms with Gasteiger partial charge in [0.25, 0.3) is 0 Å². The molecule has 6 heteroatoms. The fourth-order valence-electron chi connectivity index (χ4n) is 8.61. The van der Waals surface area contributed by atoms with Crippen LogP contribution in [0.1, 0.15) is 278 Å². The summed E-state index contributed by atoms with van der Waals surface area (Å²) in [6.07, 6.45) is 98.3. The zero-order valence-electron chi connectivity index (χ0n) is 52.2. The van der Waals surface area contributed by atoms with E-state index in [-0.39, 0.29) is 37.5 Å². The van der Waals surface area contributed by atoms with Crippen LogP contribution in [-0.2, 0) is 28.6 Å². The quantitative estimate of drug-likeness (QED) is 0.0261. The summed E-state index contributed by atoms with van der Waals surface area (Å²) in [5, 5.41) is 0. The zero-order valence-corrected chi connectivity index (χ0v) is 52.2. The Balaban J connectivity index is 4.37. The number of hydrogen-bond donors (Lipinski definition) is 0. The van der Waals surface area contributed by atoms with Crippen molar-refractivity contribution in [3.63, 3.8) is 0 Å². The number of ether oxygens (including phenoxy) is 3. The van der Waals surface area contributed by atoms with Crippen molar-refractivity contribution in [1.82, 2.24) is 0 Å². The fourth-order valence-corrected chi connectivity index (χ4v) is 8.61. The average molecular weight is 1120 g/mol. The van der Waals surface area contributed by atoms with Gasteiger partial charge < -0.3 is 14.2 Å².